The zero-order valence-electron chi connectivity index (χ0n) is 17.1. The first-order chi connectivity index (χ1) is 13.1. The average molecular weight is 374 g/mol. The fraction of sp³-hybridized carbons (Fsp3) is 0.619. The van der Waals surface area contributed by atoms with Gasteiger partial charge in [-0.05, 0) is 50.6 Å². The van der Waals surface area contributed by atoms with Gasteiger partial charge in [0.15, 0.2) is 5.96 Å². The highest BCUT2D eigenvalue weighted by Crippen LogP contribution is 2.12. The number of anilines is 1. The summed E-state index contributed by atoms with van der Waals surface area (Å²) in [7, 11) is 0. The molecule has 0 aliphatic carbocycles. The second kappa shape index (κ2) is 11.6. The molecular formula is C21H35N5O. The van der Waals surface area contributed by atoms with E-state index in [0.29, 0.717) is 6.54 Å². The maximum atomic E-state index is 11.7. The van der Waals surface area contributed by atoms with Crippen molar-refractivity contribution in [1.82, 2.24) is 15.5 Å². The molecule has 0 unspecified atom stereocenters. The lowest BCUT2D eigenvalue weighted by Gasteiger charge is -2.26. The van der Waals surface area contributed by atoms with Gasteiger partial charge >= 0.3 is 0 Å². The summed E-state index contributed by atoms with van der Waals surface area (Å²) in [5.74, 6) is 0.868. The van der Waals surface area contributed by atoms with Crippen LogP contribution in [0.2, 0.25) is 0 Å². The monoisotopic (exact) mass is 373 g/mol. The fourth-order valence-corrected chi connectivity index (χ4v) is 3.01. The first-order valence-corrected chi connectivity index (χ1v) is 10.2. The second-order valence-electron chi connectivity index (χ2n) is 7.37. The lowest BCUT2D eigenvalue weighted by molar-refractivity contribution is -0.118. The van der Waals surface area contributed by atoms with Crippen LogP contribution in [0.1, 0.15) is 45.6 Å². The maximum absolute atomic E-state index is 11.7. The quantitative estimate of drug-likeness (QED) is 0.484. The van der Waals surface area contributed by atoms with E-state index in [4.69, 9.17) is 0 Å². The number of nitrogens with zero attached hydrogens (tertiary/aromatic N) is 2. The Morgan fingerprint density at radius 2 is 1.81 bits per heavy atom. The van der Waals surface area contributed by atoms with E-state index in [9.17, 15) is 4.79 Å². The van der Waals surface area contributed by atoms with Gasteiger partial charge < -0.3 is 20.9 Å². The number of carbonyl (C=O) groups is 1. The number of aliphatic imine (C=N–C) groups is 1. The van der Waals surface area contributed by atoms with Crippen LogP contribution in [0, 0.1) is 5.92 Å². The van der Waals surface area contributed by atoms with E-state index in [1.54, 1.807) is 0 Å². The Morgan fingerprint density at radius 1 is 1.11 bits per heavy atom. The molecule has 1 aliphatic rings. The third-order valence-electron chi connectivity index (χ3n) is 4.68. The summed E-state index contributed by atoms with van der Waals surface area (Å²) in [6.07, 6.45) is 4.01. The van der Waals surface area contributed by atoms with Crippen LogP contribution < -0.4 is 16.0 Å². The molecule has 0 bridgehead atoms. The Labute approximate surface area is 163 Å². The van der Waals surface area contributed by atoms with E-state index >= 15 is 0 Å². The molecule has 1 aliphatic heterocycles. The van der Waals surface area contributed by atoms with Crippen LogP contribution >= 0.6 is 0 Å². The minimum atomic E-state index is -0.0204. The number of benzene rings is 1. The normalized spacial score (nSPS) is 15.6. The van der Waals surface area contributed by atoms with Crippen molar-refractivity contribution in [3.63, 3.8) is 0 Å². The molecule has 2 rings (SSSR count). The SMILES string of the molecule is CCNC(=NCc1ccc(NC(=O)C(C)C)cc1)NCCN1CCCCC1. The van der Waals surface area contributed by atoms with E-state index in [1.165, 1.54) is 32.4 Å². The predicted octanol–water partition coefficient (Wildman–Crippen LogP) is 2.82. The number of piperidine rings is 1. The molecule has 1 saturated heterocycles. The van der Waals surface area contributed by atoms with E-state index in [0.717, 1.165) is 36.8 Å². The zero-order valence-corrected chi connectivity index (χ0v) is 17.1. The Morgan fingerprint density at radius 3 is 2.44 bits per heavy atom. The Hall–Kier alpha value is -2.08. The van der Waals surface area contributed by atoms with Crippen LogP contribution in [-0.2, 0) is 11.3 Å². The third kappa shape index (κ3) is 7.99. The first-order valence-electron chi connectivity index (χ1n) is 10.2. The molecule has 1 aromatic rings. The summed E-state index contributed by atoms with van der Waals surface area (Å²) in [5, 5.41) is 9.64. The molecule has 1 amide bonds. The number of hydrogen-bond donors (Lipinski definition) is 3. The van der Waals surface area contributed by atoms with Crippen molar-refractivity contribution in [3.8, 4) is 0 Å². The van der Waals surface area contributed by atoms with E-state index in [2.05, 4.69) is 32.8 Å². The topological polar surface area (TPSA) is 68.8 Å². The molecule has 1 heterocycles. The third-order valence-corrected chi connectivity index (χ3v) is 4.68. The van der Waals surface area contributed by atoms with Crippen LogP contribution in [0.15, 0.2) is 29.3 Å². The van der Waals surface area contributed by atoms with E-state index < -0.39 is 0 Å². The van der Waals surface area contributed by atoms with Crippen molar-refractivity contribution >= 4 is 17.6 Å². The molecule has 0 radical (unpaired) electrons. The number of rotatable bonds is 8. The molecular weight excluding hydrogens is 338 g/mol. The second-order valence-corrected chi connectivity index (χ2v) is 7.37. The summed E-state index contributed by atoms with van der Waals surface area (Å²) in [6, 6.07) is 7.89. The molecule has 0 atom stereocenters. The van der Waals surface area contributed by atoms with Gasteiger partial charge in [0.1, 0.15) is 0 Å². The van der Waals surface area contributed by atoms with Crippen molar-refractivity contribution in [2.45, 2.75) is 46.6 Å². The predicted molar refractivity (Wildman–Crippen MR) is 113 cm³/mol. The lowest BCUT2D eigenvalue weighted by Crippen LogP contribution is -2.42. The van der Waals surface area contributed by atoms with Crippen molar-refractivity contribution in [2.75, 3.05) is 38.0 Å². The highest BCUT2D eigenvalue weighted by molar-refractivity contribution is 5.92. The number of guanidine groups is 1. The minimum absolute atomic E-state index is 0.0204. The van der Waals surface area contributed by atoms with Gasteiger partial charge in [0.2, 0.25) is 5.91 Å². The van der Waals surface area contributed by atoms with Gasteiger partial charge in [-0.25, -0.2) is 4.99 Å². The van der Waals surface area contributed by atoms with Gasteiger partial charge in [-0.1, -0.05) is 32.4 Å². The number of carbonyl (C=O) groups excluding carboxylic acids is 1. The Balaban J connectivity index is 1.81. The summed E-state index contributed by atoms with van der Waals surface area (Å²) >= 11 is 0. The lowest BCUT2D eigenvalue weighted by atomic mass is 10.1. The van der Waals surface area contributed by atoms with Gasteiger partial charge in [-0.15, -0.1) is 0 Å². The Bertz CT molecular complexity index is 591. The molecule has 27 heavy (non-hydrogen) atoms. The first kappa shape index (κ1) is 21.2. The van der Waals surface area contributed by atoms with Gasteiger partial charge in [-0.3, -0.25) is 4.79 Å². The number of amides is 1. The van der Waals surface area contributed by atoms with Gasteiger partial charge in [-0.2, -0.15) is 0 Å². The van der Waals surface area contributed by atoms with Crippen LogP contribution in [-0.4, -0.2) is 49.5 Å². The largest absolute Gasteiger partial charge is 0.357 e. The van der Waals surface area contributed by atoms with Gasteiger partial charge in [0, 0.05) is 31.2 Å². The van der Waals surface area contributed by atoms with Crippen LogP contribution in [0.5, 0.6) is 0 Å². The summed E-state index contributed by atoms with van der Waals surface area (Å²) in [4.78, 5) is 18.9. The number of hydrogen-bond acceptors (Lipinski definition) is 3. The summed E-state index contributed by atoms with van der Waals surface area (Å²) in [5.41, 5.74) is 1.94. The molecule has 3 N–H and O–H groups in total. The summed E-state index contributed by atoms with van der Waals surface area (Å²) in [6.45, 7) is 11.7. The van der Waals surface area contributed by atoms with E-state index in [-0.39, 0.29) is 11.8 Å². The average Bonchev–Trinajstić information content (AvgIpc) is 2.68. The molecule has 0 aromatic heterocycles. The number of likely N-dealkylation sites (tertiary alicyclic amines) is 1. The minimum Gasteiger partial charge on any atom is -0.357 e. The highest BCUT2D eigenvalue weighted by Gasteiger charge is 2.09. The molecule has 1 aromatic carbocycles. The van der Waals surface area contributed by atoms with Crippen molar-refractivity contribution in [3.05, 3.63) is 29.8 Å². The number of nitrogens with one attached hydrogen (secondary N) is 3. The Kier molecular flexibility index (Phi) is 9.11. The summed E-state index contributed by atoms with van der Waals surface area (Å²) < 4.78 is 0. The van der Waals surface area contributed by atoms with Gasteiger partial charge in [0.05, 0.1) is 6.54 Å². The molecule has 150 valence electrons. The van der Waals surface area contributed by atoms with Crippen LogP contribution in [0.4, 0.5) is 5.69 Å². The van der Waals surface area contributed by atoms with Crippen molar-refractivity contribution < 1.29 is 4.79 Å². The van der Waals surface area contributed by atoms with Crippen LogP contribution in [0.3, 0.4) is 0 Å². The molecule has 1 fully saturated rings. The molecule has 6 heteroatoms. The molecule has 0 saturated carbocycles. The maximum Gasteiger partial charge on any atom is 0.226 e. The standard InChI is InChI=1S/C21H35N5O/c1-4-22-21(23-12-15-26-13-6-5-7-14-26)24-16-18-8-10-19(11-9-18)25-20(27)17(2)3/h8-11,17H,4-7,12-16H2,1-3H3,(H,25,27)(H2,22,23,24). The van der Waals surface area contributed by atoms with E-state index in [1.807, 2.05) is 38.1 Å². The van der Waals surface area contributed by atoms with Crippen LogP contribution in [0.25, 0.3) is 0 Å². The smallest absolute Gasteiger partial charge is 0.226 e. The zero-order chi connectivity index (χ0) is 19.5. The fourth-order valence-electron chi connectivity index (χ4n) is 3.01. The highest BCUT2D eigenvalue weighted by atomic mass is 16.1. The molecule has 0 spiro atoms. The van der Waals surface area contributed by atoms with Crippen molar-refractivity contribution in [2.24, 2.45) is 10.9 Å². The molecule has 6 nitrogen and oxygen atoms in total. The van der Waals surface area contributed by atoms with Gasteiger partial charge in [0.25, 0.3) is 0 Å². The van der Waals surface area contributed by atoms with Crippen molar-refractivity contribution in [1.29, 1.82) is 0 Å².